The number of amides is 1. The molecular weight excluding hydrogens is 220 g/mol. The standard InChI is InChI=1S/C12H22N2O3/c1-3-13-9(2)7-10(15)14-12(5-4-6-12)8-11(16)17/h9,13H,3-8H2,1-2H3,(H,14,15)(H,16,17). The smallest absolute Gasteiger partial charge is 0.305 e. The summed E-state index contributed by atoms with van der Waals surface area (Å²) in [5.41, 5.74) is -0.477. The molecule has 0 bridgehead atoms. The Morgan fingerprint density at radius 1 is 1.41 bits per heavy atom. The van der Waals surface area contributed by atoms with Crippen molar-refractivity contribution in [3.05, 3.63) is 0 Å². The van der Waals surface area contributed by atoms with Gasteiger partial charge in [-0.1, -0.05) is 6.92 Å². The molecule has 0 aromatic rings. The number of carboxylic acids is 1. The van der Waals surface area contributed by atoms with Gasteiger partial charge >= 0.3 is 5.97 Å². The first-order valence-corrected chi connectivity index (χ1v) is 6.23. The number of hydrogen-bond acceptors (Lipinski definition) is 3. The average molecular weight is 242 g/mol. The summed E-state index contributed by atoms with van der Waals surface area (Å²) in [6.07, 6.45) is 2.99. The highest BCUT2D eigenvalue weighted by Crippen LogP contribution is 2.34. The van der Waals surface area contributed by atoms with Crippen LogP contribution in [-0.4, -0.2) is 35.1 Å². The molecular formula is C12H22N2O3. The summed E-state index contributed by atoms with van der Waals surface area (Å²) in [5.74, 6) is -0.899. The van der Waals surface area contributed by atoms with Crippen LogP contribution in [0.4, 0.5) is 0 Å². The van der Waals surface area contributed by atoms with Crippen molar-refractivity contribution in [2.75, 3.05) is 6.54 Å². The monoisotopic (exact) mass is 242 g/mol. The highest BCUT2D eigenvalue weighted by atomic mass is 16.4. The van der Waals surface area contributed by atoms with Gasteiger partial charge in [-0.3, -0.25) is 9.59 Å². The SMILES string of the molecule is CCNC(C)CC(=O)NC1(CC(=O)O)CCC1. The van der Waals surface area contributed by atoms with Crippen LogP contribution < -0.4 is 10.6 Å². The lowest BCUT2D eigenvalue weighted by Gasteiger charge is -2.41. The largest absolute Gasteiger partial charge is 0.481 e. The summed E-state index contributed by atoms with van der Waals surface area (Å²) < 4.78 is 0. The average Bonchev–Trinajstić information content (AvgIpc) is 2.13. The Labute approximate surface area is 102 Å². The Morgan fingerprint density at radius 2 is 2.06 bits per heavy atom. The maximum absolute atomic E-state index is 11.8. The molecule has 0 spiro atoms. The first-order chi connectivity index (χ1) is 7.97. The van der Waals surface area contributed by atoms with Crippen LogP contribution in [0.5, 0.6) is 0 Å². The van der Waals surface area contributed by atoms with E-state index in [2.05, 4.69) is 10.6 Å². The first kappa shape index (κ1) is 14.0. The minimum atomic E-state index is -0.843. The van der Waals surface area contributed by atoms with Crippen LogP contribution in [0.25, 0.3) is 0 Å². The molecule has 5 heteroatoms. The van der Waals surface area contributed by atoms with Crippen molar-refractivity contribution in [3.8, 4) is 0 Å². The molecule has 1 rings (SSSR count). The third kappa shape index (κ3) is 4.34. The van der Waals surface area contributed by atoms with E-state index in [4.69, 9.17) is 5.11 Å². The van der Waals surface area contributed by atoms with Gasteiger partial charge in [0.2, 0.25) is 5.91 Å². The van der Waals surface area contributed by atoms with Gasteiger partial charge in [-0.2, -0.15) is 0 Å². The summed E-state index contributed by atoms with van der Waals surface area (Å²) in [6, 6.07) is 0.127. The zero-order valence-electron chi connectivity index (χ0n) is 10.6. The molecule has 0 aliphatic heterocycles. The summed E-state index contributed by atoms with van der Waals surface area (Å²) in [4.78, 5) is 22.5. The van der Waals surface area contributed by atoms with Gasteiger partial charge in [0.1, 0.15) is 0 Å². The molecule has 1 saturated carbocycles. The Morgan fingerprint density at radius 3 is 2.47 bits per heavy atom. The zero-order valence-corrected chi connectivity index (χ0v) is 10.6. The molecule has 1 atom stereocenters. The van der Waals surface area contributed by atoms with Gasteiger partial charge in [0.15, 0.2) is 0 Å². The molecule has 1 fully saturated rings. The number of rotatable bonds is 7. The number of carbonyl (C=O) groups is 2. The van der Waals surface area contributed by atoms with E-state index in [0.29, 0.717) is 6.42 Å². The second-order valence-electron chi connectivity index (χ2n) is 4.92. The Hall–Kier alpha value is -1.10. The van der Waals surface area contributed by atoms with Crippen molar-refractivity contribution in [3.63, 3.8) is 0 Å². The van der Waals surface area contributed by atoms with Crippen molar-refractivity contribution >= 4 is 11.9 Å². The fraction of sp³-hybridized carbons (Fsp3) is 0.833. The second-order valence-corrected chi connectivity index (χ2v) is 4.92. The van der Waals surface area contributed by atoms with Gasteiger partial charge in [-0.05, 0) is 32.7 Å². The minimum Gasteiger partial charge on any atom is -0.481 e. The van der Waals surface area contributed by atoms with Crippen LogP contribution in [-0.2, 0) is 9.59 Å². The van der Waals surface area contributed by atoms with Crippen LogP contribution in [0.1, 0.15) is 46.0 Å². The molecule has 0 aromatic carbocycles. The summed E-state index contributed by atoms with van der Waals surface area (Å²) in [6.45, 7) is 4.77. The topological polar surface area (TPSA) is 78.4 Å². The quantitative estimate of drug-likeness (QED) is 0.619. The number of carboxylic acid groups (broad SMARTS) is 1. The normalized spacial score (nSPS) is 19.2. The van der Waals surface area contributed by atoms with Crippen molar-refractivity contribution in [2.24, 2.45) is 0 Å². The van der Waals surface area contributed by atoms with E-state index in [1.807, 2.05) is 13.8 Å². The van der Waals surface area contributed by atoms with Crippen LogP contribution >= 0.6 is 0 Å². The number of nitrogens with one attached hydrogen (secondary N) is 2. The molecule has 0 aromatic heterocycles. The first-order valence-electron chi connectivity index (χ1n) is 6.23. The van der Waals surface area contributed by atoms with Crippen LogP contribution in [0, 0.1) is 0 Å². The lowest BCUT2D eigenvalue weighted by molar-refractivity contribution is -0.140. The van der Waals surface area contributed by atoms with Gasteiger partial charge in [0.05, 0.1) is 12.0 Å². The summed E-state index contributed by atoms with van der Waals surface area (Å²) in [7, 11) is 0. The number of aliphatic carboxylic acids is 1. The fourth-order valence-corrected chi connectivity index (χ4v) is 2.28. The van der Waals surface area contributed by atoms with E-state index in [1.54, 1.807) is 0 Å². The summed E-state index contributed by atoms with van der Waals surface area (Å²) in [5, 5.41) is 14.9. The van der Waals surface area contributed by atoms with Gasteiger partial charge in [-0.15, -0.1) is 0 Å². The lowest BCUT2D eigenvalue weighted by atomic mass is 9.74. The minimum absolute atomic E-state index is 0.0360. The van der Waals surface area contributed by atoms with Crippen molar-refractivity contribution < 1.29 is 14.7 Å². The van der Waals surface area contributed by atoms with E-state index in [0.717, 1.165) is 25.8 Å². The zero-order chi connectivity index (χ0) is 12.9. The number of carbonyl (C=O) groups excluding carboxylic acids is 1. The van der Waals surface area contributed by atoms with Gasteiger partial charge in [0.25, 0.3) is 0 Å². The van der Waals surface area contributed by atoms with E-state index in [9.17, 15) is 9.59 Å². The molecule has 5 nitrogen and oxygen atoms in total. The van der Waals surface area contributed by atoms with E-state index < -0.39 is 11.5 Å². The van der Waals surface area contributed by atoms with Crippen LogP contribution in [0.3, 0.4) is 0 Å². The molecule has 1 unspecified atom stereocenters. The predicted molar refractivity (Wildman–Crippen MR) is 64.7 cm³/mol. The second kappa shape index (κ2) is 6.00. The Bertz CT molecular complexity index is 287. The van der Waals surface area contributed by atoms with Crippen LogP contribution in [0.2, 0.25) is 0 Å². The van der Waals surface area contributed by atoms with E-state index in [-0.39, 0.29) is 18.4 Å². The van der Waals surface area contributed by atoms with Gasteiger partial charge in [-0.25, -0.2) is 0 Å². The predicted octanol–water partition coefficient (Wildman–Crippen LogP) is 0.888. The molecule has 0 radical (unpaired) electrons. The molecule has 98 valence electrons. The highest BCUT2D eigenvalue weighted by molar-refractivity contribution is 5.79. The molecule has 17 heavy (non-hydrogen) atoms. The highest BCUT2D eigenvalue weighted by Gasteiger charge is 2.40. The number of hydrogen-bond donors (Lipinski definition) is 3. The molecule has 0 heterocycles. The fourth-order valence-electron chi connectivity index (χ4n) is 2.28. The van der Waals surface area contributed by atoms with Gasteiger partial charge < -0.3 is 15.7 Å². The maximum Gasteiger partial charge on any atom is 0.305 e. The molecule has 0 saturated heterocycles. The Kier molecular flexibility index (Phi) is 4.93. The summed E-state index contributed by atoms with van der Waals surface area (Å²) >= 11 is 0. The molecule has 1 amide bonds. The third-order valence-electron chi connectivity index (χ3n) is 3.25. The molecule has 3 N–H and O–H groups in total. The Balaban J connectivity index is 2.40. The van der Waals surface area contributed by atoms with Crippen LogP contribution in [0.15, 0.2) is 0 Å². The van der Waals surface area contributed by atoms with Crippen molar-refractivity contribution in [1.29, 1.82) is 0 Å². The van der Waals surface area contributed by atoms with E-state index in [1.165, 1.54) is 0 Å². The van der Waals surface area contributed by atoms with Crippen molar-refractivity contribution in [2.45, 2.75) is 57.5 Å². The van der Waals surface area contributed by atoms with E-state index >= 15 is 0 Å². The van der Waals surface area contributed by atoms with Crippen molar-refractivity contribution in [1.82, 2.24) is 10.6 Å². The lowest BCUT2D eigenvalue weighted by Crippen LogP contribution is -2.55. The van der Waals surface area contributed by atoms with Gasteiger partial charge in [0, 0.05) is 12.5 Å². The maximum atomic E-state index is 11.8. The third-order valence-corrected chi connectivity index (χ3v) is 3.25. The molecule has 1 aliphatic carbocycles. The molecule has 1 aliphatic rings.